The van der Waals surface area contributed by atoms with Crippen molar-refractivity contribution in [3.05, 3.63) is 157 Å². The van der Waals surface area contributed by atoms with Gasteiger partial charge >= 0.3 is 0 Å². The van der Waals surface area contributed by atoms with Gasteiger partial charge in [0.2, 0.25) is 0 Å². The number of rotatable bonds is 5. The Balaban J connectivity index is 1.13. The van der Waals surface area contributed by atoms with E-state index < -0.39 is 0 Å². The molecule has 0 spiro atoms. The van der Waals surface area contributed by atoms with Crippen molar-refractivity contribution in [1.29, 1.82) is 0 Å². The molecular weight excluding hydrogens is 494 g/mol. The Kier molecular flexibility index (Phi) is 6.09. The van der Waals surface area contributed by atoms with Crippen LogP contribution in [0.5, 0.6) is 0 Å². The fourth-order valence-electron chi connectivity index (χ4n) is 6.37. The lowest BCUT2D eigenvalue weighted by molar-refractivity contribution is 0.660. The largest absolute Gasteiger partial charge is 0.345 e. The van der Waals surface area contributed by atoms with E-state index in [-0.39, 0.29) is 5.41 Å². The molecule has 0 radical (unpaired) electrons. The molecule has 0 unspecified atom stereocenters. The van der Waals surface area contributed by atoms with Crippen molar-refractivity contribution in [1.82, 2.24) is 0 Å². The molecule has 0 aliphatic heterocycles. The fraction of sp³-hybridized carbons (Fsp3) is 0.100. The molecule has 1 aliphatic rings. The van der Waals surface area contributed by atoms with Crippen LogP contribution in [-0.2, 0) is 5.41 Å². The van der Waals surface area contributed by atoms with Crippen molar-refractivity contribution in [3.63, 3.8) is 0 Å². The van der Waals surface area contributed by atoms with Crippen molar-refractivity contribution in [2.75, 3.05) is 11.9 Å². The zero-order chi connectivity index (χ0) is 28.0. The highest BCUT2D eigenvalue weighted by Crippen LogP contribution is 2.52. The van der Waals surface area contributed by atoms with Gasteiger partial charge in [-0.3, -0.25) is 0 Å². The van der Waals surface area contributed by atoms with Gasteiger partial charge in [-0.15, -0.1) is 0 Å². The molecule has 0 amide bonds. The minimum atomic E-state index is 0.0121. The molecule has 0 saturated heterocycles. The van der Waals surface area contributed by atoms with Crippen molar-refractivity contribution >= 4 is 11.4 Å². The summed E-state index contributed by atoms with van der Waals surface area (Å²) in [6.45, 7) is 4.68. The Labute approximate surface area is 243 Å². The smallest absolute Gasteiger partial charge is 0.0408 e. The molecule has 0 atom stereocenters. The van der Waals surface area contributed by atoms with E-state index in [0.717, 1.165) is 0 Å². The Morgan fingerprint density at radius 2 is 0.829 bits per heavy atom. The summed E-state index contributed by atoms with van der Waals surface area (Å²) in [6, 6.07) is 52.8. The van der Waals surface area contributed by atoms with E-state index in [2.05, 4.69) is 171 Å². The van der Waals surface area contributed by atoms with E-state index in [4.69, 9.17) is 0 Å². The van der Waals surface area contributed by atoms with Gasteiger partial charge in [0, 0.05) is 23.8 Å². The second kappa shape index (κ2) is 9.94. The average Bonchev–Trinajstić information content (AvgIpc) is 3.28. The minimum Gasteiger partial charge on any atom is -0.345 e. The first kappa shape index (κ1) is 25.1. The first-order chi connectivity index (χ1) is 20.0. The summed E-state index contributed by atoms with van der Waals surface area (Å²) in [5, 5.41) is 0. The summed E-state index contributed by atoms with van der Waals surface area (Å²) < 4.78 is 0. The maximum Gasteiger partial charge on any atom is 0.0408 e. The highest BCUT2D eigenvalue weighted by molar-refractivity contribution is 5.92. The summed E-state index contributed by atoms with van der Waals surface area (Å²) >= 11 is 0. The van der Waals surface area contributed by atoms with E-state index in [1.54, 1.807) is 0 Å². The van der Waals surface area contributed by atoms with Crippen molar-refractivity contribution in [2.45, 2.75) is 19.3 Å². The maximum atomic E-state index is 2.34. The fourth-order valence-corrected chi connectivity index (χ4v) is 6.37. The summed E-state index contributed by atoms with van der Waals surface area (Å²) in [4.78, 5) is 2.25. The van der Waals surface area contributed by atoms with Gasteiger partial charge in [-0.1, -0.05) is 135 Å². The van der Waals surface area contributed by atoms with Gasteiger partial charge in [0.05, 0.1) is 0 Å². The molecule has 6 aromatic rings. The van der Waals surface area contributed by atoms with Crippen LogP contribution in [-0.4, -0.2) is 7.05 Å². The van der Waals surface area contributed by atoms with E-state index in [9.17, 15) is 0 Å². The summed E-state index contributed by atoms with van der Waals surface area (Å²) in [7, 11) is 2.14. The predicted molar refractivity (Wildman–Crippen MR) is 175 cm³/mol. The number of fused-ring (bicyclic) bond motifs is 3. The normalized spacial score (nSPS) is 13.0. The standard InChI is InChI=1S/C40H33N/c1-40(2)37-14-8-7-12-36(37)39-35(13-9-15-38(39)40)32-22-26-34(27-23-32)41(3)33-24-20-31(21-25-33)30-18-16-29(17-19-30)28-10-5-4-6-11-28/h4-27H,1-3H3. The zero-order valence-electron chi connectivity index (χ0n) is 23.8. The second-order valence-electron chi connectivity index (χ2n) is 11.5. The lowest BCUT2D eigenvalue weighted by Crippen LogP contribution is -2.14. The second-order valence-corrected chi connectivity index (χ2v) is 11.5. The Bertz CT molecular complexity index is 1830. The van der Waals surface area contributed by atoms with Crippen LogP contribution in [0.2, 0.25) is 0 Å². The van der Waals surface area contributed by atoms with Crippen molar-refractivity contribution in [2.24, 2.45) is 0 Å². The number of hydrogen-bond donors (Lipinski definition) is 0. The third-order valence-electron chi connectivity index (χ3n) is 8.75. The number of hydrogen-bond acceptors (Lipinski definition) is 1. The number of benzene rings is 6. The highest BCUT2D eigenvalue weighted by atomic mass is 15.1. The molecule has 0 fully saturated rings. The molecule has 7 rings (SSSR count). The van der Waals surface area contributed by atoms with Gasteiger partial charge in [-0.25, -0.2) is 0 Å². The average molecular weight is 528 g/mol. The monoisotopic (exact) mass is 527 g/mol. The first-order valence-corrected chi connectivity index (χ1v) is 14.3. The third-order valence-corrected chi connectivity index (χ3v) is 8.75. The van der Waals surface area contributed by atoms with E-state index in [0.29, 0.717) is 0 Å². The third kappa shape index (κ3) is 4.35. The molecule has 0 saturated carbocycles. The van der Waals surface area contributed by atoms with Crippen LogP contribution in [0.1, 0.15) is 25.0 Å². The summed E-state index contributed by atoms with van der Waals surface area (Å²) in [5.74, 6) is 0. The van der Waals surface area contributed by atoms with E-state index >= 15 is 0 Å². The van der Waals surface area contributed by atoms with Crippen LogP contribution in [0.3, 0.4) is 0 Å². The summed E-state index contributed by atoms with van der Waals surface area (Å²) in [5.41, 5.74) is 15.4. The Morgan fingerprint density at radius 1 is 0.390 bits per heavy atom. The van der Waals surface area contributed by atoms with E-state index in [1.165, 1.54) is 67.0 Å². The zero-order valence-corrected chi connectivity index (χ0v) is 23.8. The molecule has 198 valence electrons. The van der Waals surface area contributed by atoms with Crippen LogP contribution in [0.15, 0.2) is 146 Å². The van der Waals surface area contributed by atoms with Crippen LogP contribution < -0.4 is 4.90 Å². The van der Waals surface area contributed by atoms with Gasteiger partial charge in [0.15, 0.2) is 0 Å². The van der Waals surface area contributed by atoms with Crippen LogP contribution >= 0.6 is 0 Å². The van der Waals surface area contributed by atoms with Crippen LogP contribution in [0.4, 0.5) is 11.4 Å². The molecule has 1 aliphatic carbocycles. The van der Waals surface area contributed by atoms with E-state index in [1.807, 2.05) is 0 Å². The van der Waals surface area contributed by atoms with Gasteiger partial charge in [0.1, 0.15) is 0 Å². The minimum absolute atomic E-state index is 0.0121. The van der Waals surface area contributed by atoms with Gasteiger partial charge in [-0.05, 0) is 79.9 Å². The topological polar surface area (TPSA) is 3.24 Å². The molecular formula is C40H33N. The van der Waals surface area contributed by atoms with Crippen molar-refractivity contribution in [3.8, 4) is 44.5 Å². The Hall–Kier alpha value is -4.88. The number of nitrogens with zero attached hydrogens (tertiary/aromatic N) is 1. The predicted octanol–water partition coefficient (Wildman–Crippen LogP) is 10.8. The highest BCUT2D eigenvalue weighted by Gasteiger charge is 2.36. The Morgan fingerprint density at radius 3 is 1.44 bits per heavy atom. The van der Waals surface area contributed by atoms with Gasteiger partial charge in [-0.2, -0.15) is 0 Å². The van der Waals surface area contributed by atoms with Gasteiger partial charge in [0.25, 0.3) is 0 Å². The summed E-state index contributed by atoms with van der Waals surface area (Å²) in [6.07, 6.45) is 0. The molecule has 0 heterocycles. The molecule has 1 nitrogen and oxygen atoms in total. The van der Waals surface area contributed by atoms with Crippen molar-refractivity contribution < 1.29 is 0 Å². The molecule has 0 bridgehead atoms. The quantitative estimate of drug-likeness (QED) is 0.215. The van der Waals surface area contributed by atoms with Gasteiger partial charge < -0.3 is 4.90 Å². The molecule has 41 heavy (non-hydrogen) atoms. The SMILES string of the molecule is CN(c1ccc(-c2ccc(-c3ccccc3)cc2)cc1)c1ccc(-c2cccc3c2-c2ccccc2C3(C)C)cc1. The molecule has 6 aromatic carbocycles. The molecule has 1 heteroatoms. The molecule has 0 aromatic heterocycles. The molecule has 0 N–H and O–H groups in total. The first-order valence-electron chi connectivity index (χ1n) is 14.3. The van der Waals surface area contributed by atoms with Crippen LogP contribution in [0, 0.1) is 0 Å². The number of anilines is 2. The van der Waals surface area contributed by atoms with Crippen LogP contribution in [0.25, 0.3) is 44.5 Å². The maximum absolute atomic E-state index is 2.34. The lowest BCUT2D eigenvalue weighted by Gasteiger charge is -2.22. The lowest BCUT2D eigenvalue weighted by atomic mass is 9.82.